The Labute approximate surface area is 171 Å². The van der Waals surface area contributed by atoms with Gasteiger partial charge in [0.15, 0.2) is 5.11 Å². The molecule has 0 radical (unpaired) electrons. The minimum Gasteiger partial charge on any atom is -0.323 e. The van der Waals surface area contributed by atoms with E-state index < -0.39 is 10.8 Å². The van der Waals surface area contributed by atoms with Crippen LogP contribution in [-0.2, 0) is 12.8 Å². The van der Waals surface area contributed by atoms with Crippen molar-refractivity contribution < 1.29 is 9.72 Å². The highest BCUT2D eigenvalue weighted by molar-refractivity contribution is 7.80. The monoisotopic (exact) mass is 414 g/mol. The zero-order chi connectivity index (χ0) is 20.4. The summed E-state index contributed by atoms with van der Waals surface area (Å²) < 4.78 is 0. The summed E-state index contributed by atoms with van der Waals surface area (Å²) in [5.41, 5.74) is 2.13. The van der Waals surface area contributed by atoms with Gasteiger partial charge in [-0.2, -0.15) is 5.26 Å². The SMILES string of the molecule is Cc1ccc(C(=O)NC(=S)Nc2sc3c(c2C#N)CC[C@@H](C)C3)cc1[N+](=O)[O-]. The maximum Gasteiger partial charge on any atom is 0.273 e. The van der Waals surface area contributed by atoms with Gasteiger partial charge in [-0.05, 0) is 56.0 Å². The van der Waals surface area contributed by atoms with E-state index in [1.165, 1.54) is 34.4 Å². The van der Waals surface area contributed by atoms with Crippen LogP contribution in [0.1, 0.15) is 45.3 Å². The number of nitro benzene ring substituents is 1. The van der Waals surface area contributed by atoms with Gasteiger partial charge in [0.25, 0.3) is 11.6 Å². The van der Waals surface area contributed by atoms with E-state index in [0.29, 0.717) is 22.0 Å². The number of nitriles is 1. The molecule has 0 saturated carbocycles. The molecular formula is C19H18N4O3S2. The third-order valence-corrected chi connectivity index (χ3v) is 6.12. The number of anilines is 1. The lowest BCUT2D eigenvalue weighted by atomic mass is 9.89. The molecule has 7 nitrogen and oxygen atoms in total. The van der Waals surface area contributed by atoms with E-state index in [9.17, 15) is 20.2 Å². The molecule has 0 spiro atoms. The molecule has 0 bridgehead atoms. The van der Waals surface area contributed by atoms with Gasteiger partial charge < -0.3 is 5.32 Å². The highest BCUT2D eigenvalue weighted by atomic mass is 32.1. The Balaban J connectivity index is 1.75. The van der Waals surface area contributed by atoms with Gasteiger partial charge in [-0.15, -0.1) is 11.3 Å². The van der Waals surface area contributed by atoms with Crippen LogP contribution < -0.4 is 10.6 Å². The van der Waals surface area contributed by atoms with Crippen LogP contribution in [-0.4, -0.2) is 15.9 Å². The Morgan fingerprint density at radius 2 is 2.21 bits per heavy atom. The molecule has 2 aromatic rings. The number of nitrogens with one attached hydrogen (secondary N) is 2. The first kappa shape index (κ1) is 19.9. The number of nitrogens with zero attached hydrogens (tertiary/aromatic N) is 2. The lowest BCUT2D eigenvalue weighted by Gasteiger charge is -2.17. The number of thiocarbonyl (C=S) groups is 1. The van der Waals surface area contributed by atoms with Crippen LogP contribution in [0.2, 0.25) is 0 Å². The molecule has 9 heteroatoms. The molecule has 1 heterocycles. The van der Waals surface area contributed by atoms with Gasteiger partial charge in [0.1, 0.15) is 11.1 Å². The van der Waals surface area contributed by atoms with E-state index in [-0.39, 0.29) is 16.4 Å². The predicted molar refractivity (Wildman–Crippen MR) is 112 cm³/mol. The van der Waals surface area contributed by atoms with Gasteiger partial charge in [0.2, 0.25) is 0 Å². The second-order valence-corrected chi connectivity index (χ2v) is 8.35. The number of hydrogen-bond acceptors (Lipinski definition) is 6. The molecular weight excluding hydrogens is 396 g/mol. The maximum atomic E-state index is 12.4. The molecule has 0 aliphatic heterocycles. The molecule has 1 aromatic carbocycles. The number of carbonyl (C=O) groups is 1. The summed E-state index contributed by atoms with van der Waals surface area (Å²) in [7, 11) is 0. The lowest BCUT2D eigenvalue weighted by molar-refractivity contribution is -0.385. The minimum atomic E-state index is -0.547. The fourth-order valence-corrected chi connectivity index (χ4v) is 4.84. The lowest BCUT2D eigenvalue weighted by Crippen LogP contribution is -2.34. The van der Waals surface area contributed by atoms with Crippen LogP contribution in [0.3, 0.4) is 0 Å². The van der Waals surface area contributed by atoms with Crippen molar-refractivity contribution >= 4 is 45.3 Å². The van der Waals surface area contributed by atoms with Crippen molar-refractivity contribution in [3.8, 4) is 6.07 Å². The Kier molecular flexibility index (Phi) is 5.72. The Morgan fingerprint density at radius 3 is 2.89 bits per heavy atom. The predicted octanol–water partition coefficient (Wildman–Crippen LogP) is 4.09. The summed E-state index contributed by atoms with van der Waals surface area (Å²) in [5.74, 6) is 0.0311. The molecule has 144 valence electrons. The van der Waals surface area contributed by atoms with Gasteiger partial charge in [0.05, 0.1) is 10.5 Å². The van der Waals surface area contributed by atoms with Gasteiger partial charge in [-0.3, -0.25) is 20.2 Å². The number of rotatable bonds is 3. The average Bonchev–Trinajstić information content (AvgIpc) is 2.97. The quantitative estimate of drug-likeness (QED) is 0.445. The first-order valence-corrected chi connectivity index (χ1v) is 9.94. The molecule has 1 aromatic heterocycles. The summed E-state index contributed by atoms with van der Waals surface area (Å²) in [6.07, 6.45) is 2.84. The number of thiophene rings is 1. The molecule has 1 amide bonds. The number of hydrogen-bond donors (Lipinski definition) is 2. The van der Waals surface area contributed by atoms with Crippen LogP contribution in [0, 0.1) is 34.3 Å². The van der Waals surface area contributed by atoms with E-state index in [1.807, 2.05) is 0 Å². The zero-order valence-corrected chi connectivity index (χ0v) is 17.0. The maximum absolute atomic E-state index is 12.4. The van der Waals surface area contributed by atoms with E-state index in [2.05, 4.69) is 23.6 Å². The topological polar surface area (TPSA) is 108 Å². The molecule has 0 fully saturated rings. The number of benzene rings is 1. The normalized spacial score (nSPS) is 15.2. The Morgan fingerprint density at radius 1 is 1.46 bits per heavy atom. The number of aryl methyl sites for hydroxylation is 1. The number of carbonyl (C=O) groups excluding carboxylic acids is 1. The molecule has 3 rings (SSSR count). The highest BCUT2D eigenvalue weighted by Gasteiger charge is 2.24. The zero-order valence-electron chi connectivity index (χ0n) is 15.4. The van der Waals surface area contributed by atoms with E-state index in [1.54, 1.807) is 6.92 Å². The number of fused-ring (bicyclic) bond motifs is 1. The summed E-state index contributed by atoms with van der Waals surface area (Å²) in [4.78, 5) is 24.1. The third kappa shape index (κ3) is 4.03. The van der Waals surface area contributed by atoms with Crippen molar-refractivity contribution in [2.24, 2.45) is 5.92 Å². The van der Waals surface area contributed by atoms with Crippen LogP contribution in [0.15, 0.2) is 18.2 Å². The van der Waals surface area contributed by atoms with Crippen molar-refractivity contribution in [1.29, 1.82) is 5.26 Å². The first-order chi connectivity index (χ1) is 13.3. The van der Waals surface area contributed by atoms with E-state index >= 15 is 0 Å². The Bertz CT molecular complexity index is 1020. The van der Waals surface area contributed by atoms with Gasteiger partial charge in [-0.1, -0.05) is 13.0 Å². The standard InChI is InChI=1S/C19H18N4O3S2/c1-10-3-6-13-14(9-20)18(28-16(13)7-10)22-19(27)21-17(24)12-5-4-11(2)15(8-12)23(25)26/h4-5,8,10H,3,6-7H2,1-2H3,(H2,21,22,24,27)/t10-/m1/s1. The van der Waals surface area contributed by atoms with Crippen molar-refractivity contribution in [3.05, 3.63) is 55.4 Å². The largest absolute Gasteiger partial charge is 0.323 e. The summed E-state index contributed by atoms with van der Waals surface area (Å²) in [5, 5.41) is 26.7. The molecule has 1 aliphatic carbocycles. The molecule has 1 atom stereocenters. The molecule has 1 aliphatic rings. The number of amides is 1. The highest BCUT2D eigenvalue weighted by Crippen LogP contribution is 2.39. The van der Waals surface area contributed by atoms with Gasteiger partial charge in [0, 0.05) is 22.1 Å². The van der Waals surface area contributed by atoms with Crippen molar-refractivity contribution in [2.45, 2.75) is 33.1 Å². The molecule has 0 unspecified atom stereocenters. The van der Waals surface area contributed by atoms with Gasteiger partial charge >= 0.3 is 0 Å². The van der Waals surface area contributed by atoms with E-state index in [0.717, 1.165) is 24.8 Å². The second kappa shape index (κ2) is 8.04. The van der Waals surface area contributed by atoms with Crippen LogP contribution >= 0.6 is 23.6 Å². The van der Waals surface area contributed by atoms with E-state index in [4.69, 9.17) is 12.2 Å². The first-order valence-electron chi connectivity index (χ1n) is 8.72. The second-order valence-electron chi connectivity index (χ2n) is 6.83. The smallest absolute Gasteiger partial charge is 0.273 e. The fourth-order valence-electron chi connectivity index (χ4n) is 3.21. The molecule has 28 heavy (non-hydrogen) atoms. The van der Waals surface area contributed by atoms with Crippen LogP contribution in [0.4, 0.5) is 10.7 Å². The molecule has 2 N–H and O–H groups in total. The van der Waals surface area contributed by atoms with Crippen LogP contribution in [0.5, 0.6) is 0 Å². The molecule has 0 saturated heterocycles. The summed E-state index contributed by atoms with van der Waals surface area (Å²) in [6, 6.07) is 6.48. The van der Waals surface area contributed by atoms with Crippen LogP contribution in [0.25, 0.3) is 0 Å². The minimum absolute atomic E-state index is 0.0522. The third-order valence-electron chi connectivity index (χ3n) is 4.75. The van der Waals surface area contributed by atoms with Crippen molar-refractivity contribution in [2.75, 3.05) is 5.32 Å². The van der Waals surface area contributed by atoms with Gasteiger partial charge in [-0.25, -0.2) is 0 Å². The van der Waals surface area contributed by atoms with Crippen molar-refractivity contribution in [1.82, 2.24) is 5.32 Å². The number of nitro groups is 1. The fraction of sp³-hybridized carbons (Fsp3) is 0.316. The summed E-state index contributed by atoms with van der Waals surface area (Å²) in [6.45, 7) is 3.79. The average molecular weight is 415 g/mol. The summed E-state index contributed by atoms with van der Waals surface area (Å²) >= 11 is 6.70. The Hall–Kier alpha value is -2.83. The van der Waals surface area contributed by atoms with Crippen molar-refractivity contribution in [3.63, 3.8) is 0 Å².